The Morgan fingerprint density at radius 2 is 1.43 bits per heavy atom. The lowest BCUT2D eigenvalue weighted by Crippen LogP contribution is -2.35. The van der Waals surface area contributed by atoms with E-state index >= 15 is 0 Å². The van der Waals surface area contributed by atoms with Gasteiger partial charge in [-0.3, -0.25) is 0 Å². The third-order valence-electron chi connectivity index (χ3n) is 3.89. The minimum Gasteiger partial charge on any atom is -0.417 e. The highest BCUT2D eigenvalue weighted by Crippen LogP contribution is 2.22. The van der Waals surface area contributed by atoms with E-state index in [0.29, 0.717) is 12.2 Å². The second kappa shape index (κ2) is 9.22. The second-order valence-corrected chi connectivity index (χ2v) is 10.3. The lowest BCUT2D eigenvalue weighted by Gasteiger charge is -2.27. The van der Waals surface area contributed by atoms with Gasteiger partial charge < -0.3 is 23.4 Å². The molecule has 0 N–H and O–H groups in total. The van der Waals surface area contributed by atoms with Crippen molar-refractivity contribution in [2.75, 3.05) is 46.2 Å². The monoisotopic (exact) mass is 318 g/mol. The number of ether oxygens (including phenoxy) is 4. The zero-order valence-corrected chi connectivity index (χ0v) is 14.5. The highest BCUT2D eigenvalue weighted by molar-refractivity contribution is 6.72. The van der Waals surface area contributed by atoms with Gasteiger partial charge in [-0.2, -0.15) is 0 Å². The van der Waals surface area contributed by atoms with Crippen LogP contribution in [-0.4, -0.2) is 66.8 Å². The summed E-state index contributed by atoms with van der Waals surface area (Å²) in [6.07, 6.45) is 2.92. The summed E-state index contributed by atoms with van der Waals surface area (Å²) in [6.45, 7) is 10.1. The first kappa shape index (κ1) is 17.4. The van der Waals surface area contributed by atoms with Gasteiger partial charge in [-0.1, -0.05) is 0 Å². The first-order chi connectivity index (χ1) is 10.2. The molecule has 0 unspecified atom stereocenters. The minimum atomic E-state index is -1.60. The van der Waals surface area contributed by atoms with Gasteiger partial charge in [0, 0.05) is 19.8 Å². The van der Waals surface area contributed by atoms with Crippen LogP contribution in [0.15, 0.2) is 0 Å². The third kappa shape index (κ3) is 8.28. The molecular formula is C15H30O5Si. The average Bonchev–Trinajstić information content (AvgIpc) is 3.33. The van der Waals surface area contributed by atoms with Crippen LogP contribution in [0, 0.1) is 0 Å². The van der Waals surface area contributed by atoms with Gasteiger partial charge in [-0.15, -0.1) is 0 Å². The van der Waals surface area contributed by atoms with Crippen molar-refractivity contribution < 1.29 is 23.4 Å². The first-order valence-corrected chi connectivity index (χ1v) is 11.1. The Hall–Kier alpha value is 0.0169. The van der Waals surface area contributed by atoms with E-state index in [9.17, 15) is 0 Å². The lowest BCUT2D eigenvalue weighted by atomic mass is 10.5. The Morgan fingerprint density at radius 3 is 1.81 bits per heavy atom. The predicted octanol–water partition coefficient (Wildman–Crippen LogP) is 2.21. The first-order valence-electron chi connectivity index (χ1n) is 8.24. The maximum Gasteiger partial charge on any atom is 0.189 e. The molecule has 6 heteroatoms. The van der Waals surface area contributed by atoms with Gasteiger partial charge in [-0.05, 0) is 38.4 Å². The van der Waals surface area contributed by atoms with E-state index in [0.717, 1.165) is 71.2 Å². The van der Waals surface area contributed by atoms with Crippen LogP contribution in [0.5, 0.6) is 0 Å². The Kier molecular flexibility index (Phi) is 7.63. The summed E-state index contributed by atoms with van der Waals surface area (Å²) < 4.78 is 27.6. The van der Waals surface area contributed by atoms with Gasteiger partial charge in [0.2, 0.25) is 0 Å². The minimum absolute atomic E-state index is 0.369. The topological polar surface area (TPSA) is 52.8 Å². The molecule has 0 amide bonds. The van der Waals surface area contributed by atoms with Gasteiger partial charge in [0.1, 0.15) is 12.2 Å². The van der Waals surface area contributed by atoms with Crippen molar-refractivity contribution in [1.29, 1.82) is 0 Å². The van der Waals surface area contributed by atoms with Crippen LogP contribution in [0.25, 0.3) is 0 Å². The van der Waals surface area contributed by atoms with E-state index in [2.05, 4.69) is 13.5 Å². The van der Waals surface area contributed by atoms with Crippen LogP contribution in [0.4, 0.5) is 0 Å². The Bertz CT molecular complexity index is 259. The molecule has 2 aliphatic heterocycles. The summed E-state index contributed by atoms with van der Waals surface area (Å²) >= 11 is 0. The second-order valence-electron chi connectivity index (χ2n) is 6.15. The fourth-order valence-electron chi connectivity index (χ4n) is 2.47. The SMILES string of the molecule is CCO[Si](C)(CCCOC[C@H]1CO1)CCCOC[C@H]1CO1. The van der Waals surface area contributed by atoms with E-state index in [4.69, 9.17) is 23.4 Å². The van der Waals surface area contributed by atoms with Crippen LogP contribution in [0.2, 0.25) is 18.6 Å². The molecule has 2 rings (SSSR count). The third-order valence-corrected chi connectivity index (χ3v) is 7.70. The molecule has 2 heterocycles. The van der Waals surface area contributed by atoms with Gasteiger partial charge in [0.15, 0.2) is 8.32 Å². The molecule has 5 nitrogen and oxygen atoms in total. The zero-order valence-electron chi connectivity index (χ0n) is 13.5. The van der Waals surface area contributed by atoms with Crippen LogP contribution >= 0.6 is 0 Å². The van der Waals surface area contributed by atoms with Crippen molar-refractivity contribution in [2.45, 2.75) is 50.6 Å². The highest BCUT2D eigenvalue weighted by Gasteiger charge is 2.28. The number of hydrogen-bond acceptors (Lipinski definition) is 5. The molecular weight excluding hydrogens is 288 g/mol. The molecule has 0 aromatic rings. The Labute approximate surface area is 129 Å². The molecule has 2 atom stereocenters. The molecule has 2 fully saturated rings. The average molecular weight is 318 g/mol. The molecule has 2 saturated heterocycles. The molecule has 21 heavy (non-hydrogen) atoms. The fraction of sp³-hybridized carbons (Fsp3) is 1.00. The van der Waals surface area contributed by atoms with Crippen molar-refractivity contribution in [3.63, 3.8) is 0 Å². The van der Waals surface area contributed by atoms with E-state index in [-0.39, 0.29) is 0 Å². The van der Waals surface area contributed by atoms with Gasteiger partial charge >= 0.3 is 0 Å². The standard InChI is InChI=1S/C15H30O5Si/c1-3-20-21(2,8-4-6-16-10-14-12-18-14)9-5-7-17-11-15-13-19-15/h14-15H,3-13H2,1-2H3/t14-,15-/m0/s1. The molecule has 0 aliphatic carbocycles. The molecule has 0 bridgehead atoms. The van der Waals surface area contributed by atoms with Crippen molar-refractivity contribution in [1.82, 2.24) is 0 Å². The van der Waals surface area contributed by atoms with Crippen molar-refractivity contribution >= 4 is 8.32 Å². The summed E-state index contributed by atoms with van der Waals surface area (Å²) in [5.74, 6) is 0. The zero-order chi connectivity index (χ0) is 15.0. The summed E-state index contributed by atoms with van der Waals surface area (Å²) in [5, 5.41) is 0. The molecule has 0 spiro atoms. The van der Waals surface area contributed by atoms with Crippen LogP contribution in [0.3, 0.4) is 0 Å². The largest absolute Gasteiger partial charge is 0.417 e. The molecule has 124 valence electrons. The molecule has 0 aromatic heterocycles. The summed E-state index contributed by atoms with van der Waals surface area (Å²) in [5.41, 5.74) is 0. The highest BCUT2D eigenvalue weighted by atomic mass is 28.4. The smallest absolute Gasteiger partial charge is 0.189 e. The lowest BCUT2D eigenvalue weighted by molar-refractivity contribution is 0.114. The maximum atomic E-state index is 6.09. The van der Waals surface area contributed by atoms with Crippen molar-refractivity contribution in [2.24, 2.45) is 0 Å². The summed E-state index contributed by atoms with van der Waals surface area (Å²) in [4.78, 5) is 0. The predicted molar refractivity (Wildman–Crippen MR) is 83.2 cm³/mol. The number of rotatable bonds is 14. The van der Waals surface area contributed by atoms with Crippen LogP contribution in [0.1, 0.15) is 19.8 Å². The van der Waals surface area contributed by atoms with Gasteiger partial charge in [0.25, 0.3) is 0 Å². The maximum absolute atomic E-state index is 6.09. The molecule has 0 saturated carbocycles. The van der Waals surface area contributed by atoms with Crippen molar-refractivity contribution in [3.05, 3.63) is 0 Å². The summed E-state index contributed by atoms with van der Waals surface area (Å²) in [7, 11) is -1.60. The molecule has 0 radical (unpaired) electrons. The fourth-order valence-corrected chi connectivity index (χ4v) is 5.49. The van der Waals surface area contributed by atoms with E-state index in [1.807, 2.05) is 0 Å². The van der Waals surface area contributed by atoms with Gasteiger partial charge in [-0.25, -0.2) is 0 Å². The Balaban J connectivity index is 1.50. The van der Waals surface area contributed by atoms with E-state index in [1.165, 1.54) is 0 Å². The van der Waals surface area contributed by atoms with Crippen LogP contribution in [-0.2, 0) is 23.4 Å². The normalized spacial score (nSPS) is 24.3. The Morgan fingerprint density at radius 1 is 0.952 bits per heavy atom. The summed E-state index contributed by atoms with van der Waals surface area (Å²) in [6, 6.07) is 2.33. The van der Waals surface area contributed by atoms with E-state index in [1.54, 1.807) is 0 Å². The quantitative estimate of drug-likeness (QED) is 0.279. The van der Waals surface area contributed by atoms with Gasteiger partial charge in [0.05, 0.1) is 26.4 Å². The molecule has 0 aromatic carbocycles. The molecule has 2 aliphatic rings. The number of hydrogen-bond donors (Lipinski definition) is 0. The van der Waals surface area contributed by atoms with Crippen molar-refractivity contribution in [3.8, 4) is 0 Å². The van der Waals surface area contributed by atoms with Crippen LogP contribution < -0.4 is 0 Å². The number of epoxide rings is 2. The van der Waals surface area contributed by atoms with E-state index < -0.39 is 8.32 Å².